The summed E-state index contributed by atoms with van der Waals surface area (Å²) in [5.74, 6) is -0.765. The molecular formula is C9H12N2O3S. The Hall–Kier alpha value is -1.56. The molecule has 0 unspecified atom stereocenters. The number of aliphatic carboxylic acids is 1. The van der Waals surface area contributed by atoms with E-state index in [9.17, 15) is 4.79 Å². The Morgan fingerprint density at radius 2 is 2.20 bits per heavy atom. The maximum Gasteiger partial charge on any atom is 0.336 e. The predicted octanol–water partition coefficient (Wildman–Crippen LogP) is 1.32. The first kappa shape index (κ1) is 11.5. The van der Waals surface area contributed by atoms with Crippen molar-refractivity contribution in [2.75, 3.05) is 26.1 Å². The van der Waals surface area contributed by atoms with E-state index in [0.717, 1.165) is 0 Å². The largest absolute Gasteiger partial charge is 0.480 e. The first-order valence-corrected chi connectivity index (χ1v) is 4.93. The van der Waals surface area contributed by atoms with Crippen molar-refractivity contribution in [3.8, 4) is 5.88 Å². The molecule has 1 heterocycles. The van der Waals surface area contributed by atoms with Crippen LogP contribution < -0.4 is 9.64 Å². The van der Waals surface area contributed by atoms with E-state index in [1.807, 2.05) is 14.1 Å². The molecule has 15 heavy (non-hydrogen) atoms. The van der Waals surface area contributed by atoms with Gasteiger partial charge in [-0.05, 0) is 0 Å². The number of carboxylic acid groups (broad SMARTS) is 1. The highest BCUT2D eigenvalue weighted by molar-refractivity contribution is 7.17. The molecule has 1 aromatic rings. The molecule has 1 aromatic heterocycles. The van der Waals surface area contributed by atoms with Crippen LogP contribution in [-0.4, -0.2) is 37.3 Å². The van der Waals surface area contributed by atoms with E-state index >= 15 is 0 Å². The van der Waals surface area contributed by atoms with E-state index in [-0.39, 0.29) is 5.57 Å². The van der Waals surface area contributed by atoms with Gasteiger partial charge in [0.2, 0.25) is 5.88 Å². The minimum absolute atomic E-state index is 0.00236. The van der Waals surface area contributed by atoms with Crippen LogP contribution in [0.5, 0.6) is 5.88 Å². The van der Waals surface area contributed by atoms with Crippen LogP contribution in [-0.2, 0) is 4.79 Å². The third-order valence-electron chi connectivity index (χ3n) is 1.69. The average molecular weight is 228 g/mol. The Kier molecular flexibility index (Phi) is 3.31. The number of hydrogen-bond donors (Lipinski definition) is 1. The van der Waals surface area contributed by atoms with Gasteiger partial charge in [-0.2, -0.15) is 4.98 Å². The lowest BCUT2D eigenvalue weighted by atomic mass is 10.3. The Labute approximate surface area is 91.6 Å². The smallest absolute Gasteiger partial charge is 0.336 e. The summed E-state index contributed by atoms with van der Waals surface area (Å²) < 4.78 is 5.00. The van der Waals surface area contributed by atoms with E-state index < -0.39 is 5.97 Å². The zero-order chi connectivity index (χ0) is 11.6. The molecule has 0 spiro atoms. The lowest BCUT2D eigenvalue weighted by molar-refractivity contribution is -0.130. The lowest BCUT2D eigenvalue weighted by Crippen LogP contribution is -2.07. The molecule has 0 bridgehead atoms. The first-order valence-electron chi connectivity index (χ1n) is 4.12. The minimum Gasteiger partial charge on any atom is -0.480 e. The molecule has 5 nitrogen and oxygen atoms in total. The van der Waals surface area contributed by atoms with Gasteiger partial charge in [0.15, 0.2) is 5.13 Å². The second-order valence-electron chi connectivity index (χ2n) is 3.01. The normalized spacial score (nSPS) is 9.80. The topological polar surface area (TPSA) is 62.7 Å². The first-order chi connectivity index (χ1) is 6.97. The number of carboxylic acids is 1. The fraction of sp³-hybridized carbons (Fsp3) is 0.333. The Balaban J connectivity index is 3.16. The van der Waals surface area contributed by atoms with Crippen LogP contribution in [0.4, 0.5) is 5.13 Å². The number of hydrogen-bond acceptors (Lipinski definition) is 5. The Morgan fingerprint density at radius 1 is 1.60 bits per heavy atom. The molecule has 82 valence electrons. The van der Waals surface area contributed by atoms with Crippen molar-refractivity contribution in [1.29, 1.82) is 0 Å². The molecule has 0 aromatic carbocycles. The Bertz CT molecular complexity index is 398. The highest BCUT2D eigenvalue weighted by atomic mass is 32.1. The maximum absolute atomic E-state index is 10.8. The maximum atomic E-state index is 10.8. The highest BCUT2D eigenvalue weighted by Crippen LogP contribution is 2.35. The molecule has 1 rings (SSSR count). The van der Waals surface area contributed by atoms with Gasteiger partial charge in [0.1, 0.15) is 4.88 Å². The van der Waals surface area contributed by atoms with Gasteiger partial charge in [-0.1, -0.05) is 17.9 Å². The van der Waals surface area contributed by atoms with E-state index in [1.54, 1.807) is 4.90 Å². The third kappa shape index (κ3) is 2.27. The number of thiazole rings is 1. The number of aromatic nitrogens is 1. The number of carbonyl (C=O) groups is 1. The zero-order valence-corrected chi connectivity index (χ0v) is 9.59. The van der Waals surface area contributed by atoms with Gasteiger partial charge in [0, 0.05) is 14.1 Å². The monoisotopic (exact) mass is 228 g/mol. The molecule has 6 heteroatoms. The summed E-state index contributed by atoms with van der Waals surface area (Å²) in [5, 5.41) is 9.50. The molecular weight excluding hydrogens is 216 g/mol. The Morgan fingerprint density at radius 3 is 2.60 bits per heavy atom. The summed E-state index contributed by atoms with van der Waals surface area (Å²) in [7, 11) is 5.10. The summed E-state index contributed by atoms with van der Waals surface area (Å²) in [4.78, 5) is 17.1. The lowest BCUT2D eigenvalue weighted by Gasteiger charge is -2.04. The van der Waals surface area contributed by atoms with E-state index in [1.165, 1.54) is 18.4 Å². The standard InChI is InChI=1S/C9H12N2O3S/c1-5(8(12)13)6-7(14-4)10-9(15-6)11(2)3/h1H2,2-4H3,(H,12,13). The van der Waals surface area contributed by atoms with Gasteiger partial charge in [0.05, 0.1) is 12.7 Å². The second kappa shape index (κ2) is 4.31. The van der Waals surface area contributed by atoms with Gasteiger partial charge in [-0.15, -0.1) is 0 Å². The van der Waals surface area contributed by atoms with Crippen LogP contribution in [0.2, 0.25) is 0 Å². The fourth-order valence-corrected chi connectivity index (χ4v) is 1.83. The molecule has 0 atom stereocenters. The van der Waals surface area contributed by atoms with E-state index in [0.29, 0.717) is 15.9 Å². The summed E-state index contributed by atoms with van der Waals surface area (Å²) in [5.41, 5.74) is -0.00236. The highest BCUT2D eigenvalue weighted by Gasteiger charge is 2.19. The number of rotatable bonds is 4. The quantitative estimate of drug-likeness (QED) is 0.787. The van der Waals surface area contributed by atoms with E-state index in [2.05, 4.69) is 11.6 Å². The molecule has 0 aliphatic rings. The van der Waals surface area contributed by atoms with Gasteiger partial charge in [-0.25, -0.2) is 4.79 Å². The minimum atomic E-state index is -1.07. The number of nitrogens with zero attached hydrogens (tertiary/aromatic N) is 2. The van der Waals surface area contributed by atoms with Gasteiger partial charge >= 0.3 is 5.97 Å². The van der Waals surface area contributed by atoms with Crippen LogP contribution in [0.15, 0.2) is 6.58 Å². The number of methoxy groups -OCH3 is 1. The van der Waals surface area contributed by atoms with Crippen molar-refractivity contribution < 1.29 is 14.6 Å². The van der Waals surface area contributed by atoms with Gasteiger partial charge in [0.25, 0.3) is 0 Å². The molecule has 0 amide bonds. The van der Waals surface area contributed by atoms with Gasteiger partial charge < -0.3 is 14.7 Å². The second-order valence-corrected chi connectivity index (χ2v) is 3.99. The summed E-state index contributed by atoms with van der Waals surface area (Å²) in [6.07, 6.45) is 0. The molecule has 0 aliphatic carbocycles. The van der Waals surface area contributed by atoms with Crippen molar-refractivity contribution in [3.05, 3.63) is 11.5 Å². The zero-order valence-electron chi connectivity index (χ0n) is 8.77. The molecule has 0 aliphatic heterocycles. The SMILES string of the molecule is C=C(C(=O)O)c1sc(N(C)C)nc1OC. The summed E-state index contributed by atoms with van der Waals surface area (Å²) in [6.45, 7) is 3.48. The fourth-order valence-electron chi connectivity index (χ4n) is 0.913. The number of ether oxygens (including phenoxy) is 1. The van der Waals surface area contributed by atoms with Crippen LogP contribution >= 0.6 is 11.3 Å². The molecule has 0 saturated heterocycles. The van der Waals surface area contributed by atoms with Crippen LogP contribution in [0, 0.1) is 0 Å². The van der Waals surface area contributed by atoms with Crippen LogP contribution in [0.25, 0.3) is 5.57 Å². The summed E-state index contributed by atoms with van der Waals surface area (Å²) in [6, 6.07) is 0. The van der Waals surface area contributed by atoms with Crippen molar-refractivity contribution in [2.24, 2.45) is 0 Å². The molecule has 0 fully saturated rings. The van der Waals surface area contributed by atoms with E-state index in [4.69, 9.17) is 9.84 Å². The van der Waals surface area contributed by atoms with Crippen molar-refractivity contribution in [1.82, 2.24) is 4.98 Å². The van der Waals surface area contributed by atoms with Crippen molar-refractivity contribution in [3.63, 3.8) is 0 Å². The molecule has 0 radical (unpaired) electrons. The van der Waals surface area contributed by atoms with Crippen LogP contribution in [0.3, 0.4) is 0 Å². The summed E-state index contributed by atoms with van der Waals surface area (Å²) >= 11 is 1.24. The predicted molar refractivity (Wildman–Crippen MR) is 59.7 cm³/mol. The van der Waals surface area contributed by atoms with Crippen LogP contribution in [0.1, 0.15) is 4.88 Å². The average Bonchev–Trinajstić information content (AvgIpc) is 2.59. The van der Waals surface area contributed by atoms with Crippen molar-refractivity contribution in [2.45, 2.75) is 0 Å². The number of anilines is 1. The molecule has 1 N–H and O–H groups in total. The van der Waals surface area contributed by atoms with Gasteiger partial charge in [-0.3, -0.25) is 0 Å². The third-order valence-corrected chi connectivity index (χ3v) is 2.96. The van der Waals surface area contributed by atoms with Crippen molar-refractivity contribution >= 4 is 28.0 Å². The molecule has 0 saturated carbocycles.